The second-order valence-corrected chi connectivity index (χ2v) is 10.7. The van der Waals surface area contributed by atoms with E-state index in [2.05, 4.69) is 33.6 Å². The first kappa shape index (κ1) is 25.4. The average molecular weight is 510 g/mol. The van der Waals surface area contributed by atoms with Gasteiger partial charge in [0.2, 0.25) is 0 Å². The number of halogens is 1. The number of nitrogens with one attached hydrogen (secondary N) is 2. The van der Waals surface area contributed by atoms with Crippen molar-refractivity contribution in [3.8, 4) is 30.1 Å². The zero-order chi connectivity index (χ0) is 25.9. The van der Waals surface area contributed by atoms with Crippen molar-refractivity contribution in [3.63, 3.8) is 0 Å². The summed E-state index contributed by atoms with van der Waals surface area (Å²) >= 11 is 0. The zero-order valence-electron chi connectivity index (χ0n) is 20.4. The van der Waals surface area contributed by atoms with Gasteiger partial charge in [-0.25, -0.2) is 12.8 Å². The van der Waals surface area contributed by atoms with Crippen LogP contribution in [0.3, 0.4) is 0 Å². The van der Waals surface area contributed by atoms with Crippen LogP contribution in [0.2, 0.25) is 0 Å². The molecule has 0 spiro atoms. The van der Waals surface area contributed by atoms with Crippen LogP contribution >= 0.6 is 0 Å². The summed E-state index contributed by atoms with van der Waals surface area (Å²) in [5.41, 5.74) is 2.47. The van der Waals surface area contributed by atoms with Gasteiger partial charge in [-0.2, -0.15) is 9.78 Å². The number of terminal acetylenes is 1. The number of aromatic nitrogens is 2. The molecular weight excluding hydrogens is 481 g/mol. The minimum atomic E-state index is -3.35. The van der Waals surface area contributed by atoms with E-state index in [1.165, 1.54) is 23.9 Å². The Balaban J connectivity index is 1.54. The molecular formula is C26H28FN5O3S. The average Bonchev–Trinajstić information content (AvgIpc) is 3.21. The lowest BCUT2D eigenvalue weighted by Crippen LogP contribution is -2.46. The van der Waals surface area contributed by atoms with Crippen LogP contribution in [0.1, 0.15) is 12.1 Å². The topological polar surface area (TPSA) is 88.5 Å². The summed E-state index contributed by atoms with van der Waals surface area (Å²) < 4.78 is 44.9. The number of benzene rings is 2. The van der Waals surface area contributed by atoms with E-state index in [4.69, 9.17) is 11.2 Å². The molecule has 1 aliphatic heterocycles. The van der Waals surface area contributed by atoms with Gasteiger partial charge in [0, 0.05) is 36.8 Å². The highest BCUT2D eigenvalue weighted by Crippen LogP contribution is 2.28. The lowest BCUT2D eigenvalue weighted by atomic mass is 10.0. The molecule has 36 heavy (non-hydrogen) atoms. The minimum Gasteiger partial charge on any atom is -0.495 e. The van der Waals surface area contributed by atoms with Crippen LogP contribution in [-0.2, 0) is 9.84 Å². The maximum Gasteiger partial charge on any atom is 0.175 e. The van der Waals surface area contributed by atoms with E-state index < -0.39 is 16.0 Å². The van der Waals surface area contributed by atoms with E-state index >= 15 is 0 Å². The van der Waals surface area contributed by atoms with Gasteiger partial charge in [-0.1, -0.05) is 12.0 Å². The molecule has 0 saturated carbocycles. The first-order valence-electron chi connectivity index (χ1n) is 11.4. The van der Waals surface area contributed by atoms with Crippen molar-refractivity contribution in [3.05, 3.63) is 42.1 Å². The predicted molar refractivity (Wildman–Crippen MR) is 140 cm³/mol. The Morgan fingerprint density at radius 2 is 2.08 bits per heavy atom. The summed E-state index contributed by atoms with van der Waals surface area (Å²) in [4.78, 5) is 2.15. The van der Waals surface area contributed by atoms with E-state index in [0.717, 1.165) is 23.9 Å². The fourth-order valence-electron chi connectivity index (χ4n) is 4.16. The van der Waals surface area contributed by atoms with Crippen LogP contribution in [0.5, 0.6) is 5.75 Å². The van der Waals surface area contributed by atoms with Crippen molar-refractivity contribution in [2.75, 3.05) is 50.7 Å². The number of hydrogen-bond donors (Lipinski definition) is 2. The molecule has 0 unspecified atom stereocenters. The normalized spacial score (nSPS) is 18.2. The van der Waals surface area contributed by atoms with Gasteiger partial charge in [0.1, 0.15) is 23.1 Å². The fraction of sp³-hybridized carbons (Fsp3) is 0.346. The summed E-state index contributed by atoms with van der Waals surface area (Å²) in [6.07, 6.45) is 6.62. The van der Waals surface area contributed by atoms with Gasteiger partial charge in [-0.05, 0) is 43.7 Å². The highest BCUT2D eigenvalue weighted by molar-refractivity contribution is 7.90. The van der Waals surface area contributed by atoms with Gasteiger partial charge >= 0.3 is 0 Å². The molecule has 2 atom stereocenters. The number of ether oxygens (including phenoxy) is 1. The molecule has 2 N–H and O–H groups in total. The molecule has 1 fully saturated rings. The number of rotatable bonds is 6. The fourth-order valence-corrected chi connectivity index (χ4v) is 4.80. The van der Waals surface area contributed by atoms with Crippen LogP contribution in [0, 0.1) is 24.3 Å². The monoisotopic (exact) mass is 509 g/mol. The van der Waals surface area contributed by atoms with Crippen molar-refractivity contribution in [2.45, 2.75) is 23.5 Å². The van der Waals surface area contributed by atoms with Crippen LogP contribution in [0.4, 0.5) is 15.8 Å². The Hall–Kier alpha value is -3.73. The number of hydrogen-bond acceptors (Lipinski definition) is 7. The third-order valence-electron chi connectivity index (χ3n) is 6.08. The number of likely N-dealkylation sites (tertiary alicyclic amines) is 1. The number of methoxy groups -OCH3 is 1. The van der Waals surface area contributed by atoms with Gasteiger partial charge < -0.3 is 20.3 Å². The Kier molecular flexibility index (Phi) is 7.39. The van der Waals surface area contributed by atoms with E-state index in [9.17, 15) is 12.8 Å². The molecule has 1 aromatic heterocycles. The number of sulfone groups is 1. The maximum absolute atomic E-state index is 14.6. The highest BCUT2D eigenvalue weighted by Gasteiger charge is 2.28. The third kappa shape index (κ3) is 5.40. The van der Waals surface area contributed by atoms with Gasteiger partial charge in [0.05, 0.1) is 36.0 Å². The molecule has 2 aromatic carbocycles. The molecule has 0 bridgehead atoms. The highest BCUT2D eigenvalue weighted by atomic mass is 32.2. The summed E-state index contributed by atoms with van der Waals surface area (Å²) in [7, 11) is 0.0359. The SMILES string of the molecule is C#Cc1c2cccc(N[C@@H]3CCN(C)C[C@@H]3F)c2nn1C#CCNc1ccc(S(C)(=O)=O)cc1OC. The predicted octanol–water partition coefficient (Wildman–Crippen LogP) is 2.80. The molecule has 1 saturated heterocycles. The lowest BCUT2D eigenvalue weighted by Gasteiger charge is -2.33. The Morgan fingerprint density at radius 1 is 1.28 bits per heavy atom. The maximum atomic E-state index is 14.6. The molecule has 2 heterocycles. The Labute approximate surface area is 210 Å². The molecule has 188 valence electrons. The standard InChI is InChI=1S/C26H28FN5O3S/c1-5-24-19-8-6-9-23(29-21-12-15-31(2)17-20(21)27)26(19)30-32(24)14-7-13-28-22-11-10-18(36(4,33)34)16-25(22)35-3/h1,6,8-11,16,20-21,28-29H,12-13,15,17H2,2-4H3/t20-,21+/m0/s1. The summed E-state index contributed by atoms with van der Waals surface area (Å²) in [6, 6.07) is 12.8. The summed E-state index contributed by atoms with van der Waals surface area (Å²) in [6.45, 7) is 1.44. The van der Waals surface area contributed by atoms with E-state index in [0.29, 0.717) is 35.6 Å². The van der Waals surface area contributed by atoms with Crippen LogP contribution < -0.4 is 15.4 Å². The van der Waals surface area contributed by atoms with E-state index in [1.807, 2.05) is 30.1 Å². The second-order valence-electron chi connectivity index (χ2n) is 8.70. The first-order valence-corrected chi connectivity index (χ1v) is 13.3. The van der Waals surface area contributed by atoms with Crippen molar-refractivity contribution >= 4 is 32.1 Å². The second kappa shape index (κ2) is 10.5. The van der Waals surface area contributed by atoms with E-state index in [-0.39, 0.29) is 17.5 Å². The number of nitrogens with zero attached hydrogens (tertiary/aromatic N) is 3. The van der Waals surface area contributed by atoms with Gasteiger partial charge in [-0.3, -0.25) is 0 Å². The van der Waals surface area contributed by atoms with Crippen LogP contribution in [0.25, 0.3) is 10.9 Å². The molecule has 0 radical (unpaired) electrons. The number of alkyl halides is 1. The van der Waals surface area contributed by atoms with Gasteiger partial charge in [0.25, 0.3) is 0 Å². The molecule has 1 aliphatic rings. The smallest absolute Gasteiger partial charge is 0.175 e. The minimum absolute atomic E-state index is 0.168. The number of anilines is 2. The van der Waals surface area contributed by atoms with Crippen molar-refractivity contribution < 1.29 is 17.5 Å². The molecule has 8 nitrogen and oxygen atoms in total. The third-order valence-corrected chi connectivity index (χ3v) is 7.19. The van der Waals surface area contributed by atoms with Crippen LogP contribution in [-0.4, -0.2) is 75.4 Å². The zero-order valence-corrected chi connectivity index (χ0v) is 21.2. The molecule has 3 aromatic rings. The van der Waals surface area contributed by atoms with Crippen molar-refractivity contribution in [1.82, 2.24) is 14.7 Å². The summed E-state index contributed by atoms with van der Waals surface area (Å²) in [5.74, 6) is 6.03. The molecule has 10 heteroatoms. The Bertz CT molecular complexity index is 1480. The largest absolute Gasteiger partial charge is 0.495 e. The van der Waals surface area contributed by atoms with Crippen molar-refractivity contribution in [1.29, 1.82) is 0 Å². The van der Waals surface area contributed by atoms with Crippen LogP contribution in [0.15, 0.2) is 41.3 Å². The quantitative estimate of drug-likeness (QED) is 0.494. The molecule has 0 aliphatic carbocycles. The number of piperidine rings is 1. The lowest BCUT2D eigenvalue weighted by molar-refractivity contribution is 0.149. The van der Waals surface area contributed by atoms with E-state index in [1.54, 1.807) is 6.07 Å². The van der Waals surface area contributed by atoms with Crippen molar-refractivity contribution in [2.24, 2.45) is 0 Å². The molecule has 4 rings (SSSR count). The van der Waals surface area contributed by atoms with Gasteiger partial charge in [0.15, 0.2) is 9.84 Å². The number of fused-ring (bicyclic) bond motifs is 1. The molecule has 0 amide bonds. The summed E-state index contributed by atoms with van der Waals surface area (Å²) in [5, 5.41) is 11.8. The first-order chi connectivity index (χ1) is 17.2. The Morgan fingerprint density at radius 3 is 2.78 bits per heavy atom. The van der Waals surface area contributed by atoms with Gasteiger partial charge in [-0.15, -0.1) is 6.42 Å².